The van der Waals surface area contributed by atoms with Crippen molar-refractivity contribution >= 4 is 21.6 Å². The highest BCUT2D eigenvalue weighted by atomic mass is 33.1. The Kier molecular flexibility index (Phi) is 6.20. The second-order valence-electron chi connectivity index (χ2n) is 1.29. The molecule has 0 aromatic heterocycles. The molecule has 8 heavy (non-hydrogen) atoms. The third-order valence-electron chi connectivity index (χ3n) is 0.589. The molecule has 0 amide bonds. The summed E-state index contributed by atoms with van der Waals surface area (Å²) in [5.74, 6) is 0.609. The molecular weight excluding hydrogens is 144 g/mol. The SMILES string of the molecule is CSSCC(O)CO. The van der Waals surface area contributed by atoms with E-state index in [0.717, 1.165) is 0 Å². The van der Waals surface area contributed by atoms with Gasteiger partial charge in [-0.25, -0.2) is 0 Å². The minimum absolute atomic E-state index is 0.131. The summed E-state index contributed by atoms with van der Waals surface area (Å²) in [6.45, 7) is -0.131. The number of aliphatic hydroxyl groups is 2. The van der Waals surface area contributed by atoms with Crippen molar-refractivity contribution in [3.05, 3.63) is 0 Å². The molecule has 1 atom stereocenters. The highest BCUT2D eigenvalue weighted by Gasteiger charge is 1.98. The van der Waals surface area contributed by atoms with E-state index in [4.69, 9.17) is 10.2 Å². The molecule has 0 aromatic rings. The Morgan fingerprint density at radius 2 is 2.25 bits per heavy atom. The van der Waals surface area contributed by atoms with Crippen molar-refractivity contribution in [2.45, 2.75) is 6.10 Å². The van der Waals surface area contributed by atoms with E-state index in [1.165, 1.54) is 0 Å². The van der Waals surface area contributed by atoms with Crippen molar-refractivity contribution in [2.24, 2.45) is 0 Å². The van der Waals surface area contributed by atoms with Gasteiger partial charge >= 0.3 is 0 Å². The van der Waals surface area contributed by atoms with E-state index in [1.807, 2.05) is 6.26 Å². The van der Waals surface area contributed by atoms with Gasteiger partial charge in [-0.2, -0.15) is 0 Å². The first-order valence-electron chi connectivity index (χ1n) is 2.25. The molecule has 0 aliphatic carbocycles. The van der Waals surface area contributed by atoms with Gasteiger partial charge in [-0.1, -0.05) is 21.6 Å². The minimum atomic E-state index is -0.549. The molecule has 2 nitrogen and oxygen atoms in total. The van der Waals surface area contributed by atoms with Gasteiger partial charge in [-0.3, -0.25) is 0 Å². The Morgan fingerprint density at radius 3 is 2.62 bits per heavy atom. The summed E-state index contributed by atoms with van der Waals surface area (Å²) < 4.78 is 0. The van der Waals surface area contributed by atoms with Crippen molar-refractivity contribution in [1.82, 2.24) is 0 Å². The summed E-state index contributed by atoms with van der Waals surface area (Å²) in [6, 6.07) is 0. The summed E-state index contributed by atoms with van der Waals surface area (Å²) >= 11 is 0. The first-order valence-corrected chi connectivity index (χ1v) is 4.98. The fraction of sp³-hybridized carbons (Fsp3) is 1.00. The van der Waals surface area contributed by atoms with Gasteiger partial charge in [-0.15, -0.1) is 0 Å². The molecule has 0 saturated carbocycles. The number of hydrogen-bond donors (Lipinski definition) is 2. The smallest absolute Gasteiger partial charge is 0.0869 e. The monoisotopic (exact) mass is 154 g/mol. The minimum Gasteiger partial charge on any atom is -0.394 e. The van der Waals surface area contributed by atoms with Crippen LogP contribution in [0.3, 0.4) is 0 Å². The average molecular weight is 154 g/mol. The molecule has 0 aliphatic rings. The van der Waals surface area contributed by atoms with Crippen molar-refractivity contribution in [3.63, 3.8) is 0 Å². The van der Waals surface area contributed by atoms with E-state index >= 15 is 0 Å². The molecule has 2 N–H and O–H groups in total. The Morgan fingerprint density at radius 1 is 1.62 bits per heavy atom. The zero-order valence-electron chi connectivity index (χ0n) is 4.70. The normalized spacial score (nSPS) is 13.9. The summed E-state index contributed by atoms with van der Waals surface area (Å²) in [7, 11) is 3.14. The van der Waals surface area contributed by atoms with Crippen LogP contribution in [0.5, 0.6) is 0 Å². The first kappa shape index (κ1) is 8.62. The van der Waals surface area contributed by atoms with E-state index in [0.29, 0.717) is 5.75 Å². The Hall–Kier alpha value is 0.620. The zero-order chi connectivity index (χ0) is 6.41. The lowest BCUT2D eigenvalue weighted by atomic mass is 10.4. The Balaban J connectivity index is 2.86. The summed E-state index contributed by atoms with van der Waals surface area (Å²) in [4.78, 5) is 0. The van der Waals surface area contributed by atoms with Crippen LogP contribution in [-0.2, 0) is 0 Å². The summed E-state index contributed by atoms with van der Waals surface area (Å²) in [5, 5.41) is 17.0. The predicted octanol–water partition coefficient (Wildman–Crippen LogP) is 0.351. The van der Waals surface area contributed by atoms with E-state index in [2.05, 4.69) is 0 Å². The number of rotatable bonds is 4. The van der Waals surface area contributed by atoms with Crippen LogP contribution >= 0.6 is 21.6 Å². The molecule has 0 heterocycles. The van der Waals surface area contributed by atoms with Gasteiger partial charge in [0.2, 0.25) is 0 Å². The van der Waals surface area contributed by atoms with Crippen LogP contribution in [0.4, 0.5) is 0 Å². The van der Waals surface area contributed by atoms with Crippen LogP contribution < -0.4 is 0 Å². The van der Waals surface area contributed by atoms with E-state index < -0.39 is 6.10 Å². The third-order valence-corrected chi connectivity index (χ3v) is 2.46. The maximum absolute atomic E-state index is 8.70. The fourth-order valence-electron chi connectivity index (χ4n) is 0.199. The molecule has 0 rings (SSSR count). The van der Waals surface area contributed by atoms with E-state index in [1.54, 1.807) is 21.6 Å². The summed E-state index contributed by atoms with van der Waals surface area (Å²) in [6.07, 6.45) is 1.39. The zero-order valence-corrected chi connectivity index (χ0v) is 6.34. The highest BCUT2D eigenvalue weighted by Crippen LogP contribution is 2.16. The molecule has 0 aliphatic heterocycles. The van der Waals surface area contributed by atoms with Crippen LogP contribution in [0.2, 0.25) is 0 Å². The number of aliphatic hydroxyl groups excluding tert-OH is 2. The summed E-state index contributed by atoms with van der Waals surface area (Å²) in [5.41, 5.74) is 0. The van der Waals surface area contributed by atoms with Gasteiger partial charge in [0.1, 0.15) is 0 Å². The van der Waals surface area contributed by atoms with Crippen molar-refractivity contribution < 1.29 is 10.2 Å². The quantitative estimate of drug-likeness (QED) is 0.573. The molecule has 0 aromatic carbocycles. The van der Waals surface area contributed by atoms with Crippen LogP contribution in [0.25, 0.3) is 0 Å². The standard InChI is InChI=1S/C4H10O2S2/c1-7-8-3-4(6)2-5/h4-6H,2-3H2,1H3. The molecule has 50 valence electrons. The molecular formula is C4H10O2S2. The average Bonchev–Trinajstić information content (AvgIpc) is 1.83. The van der Waals surface area contributed by atoms with Gasteiger partial charge in [-0.05, 0) is 6.26 Å². The van der Waals surface area contributed by atoms with Crippen molar-refractivity contribution in [2.75, 3.05) is 18.6 Å². The largest absolute Gasteiger partial charge is 0.394 e. The van der Waals surface area contributed by atoms with Gasteiger partial charge < -0.3 is 10.2 Å². The van der Waals surface area contributed by atoms with Crippen LogP contribution in [-0.4, -0.2) is 34.9 Å². The second-order valence-corrected chi connectivity index (χ2v) is 3.90. The van der Waals surface area contributed by atoms with Crippen LogP contribution in [0, 0.1) is 0 Å². The van der Waals surface area contributed by atoms with Crippen LogP contribution in [0.15, 0.2) is 0 Å². The van der Waals surface area contributed by atoms with E-state index in [-0.39, 0.29) is 6.61 Å². The molecule has 0 radical (unpaired) electrons. The van der Waals surface area contributed by atoms with Gasteiger partial charge in [0.25, 0.3) is 0 Å². The molecule has 0 fully saturated rings. The maximum atomic E-state index is 8.70. The Labute approximate surface area is 57.1 Å². The molecule has 0 bridgehead atoms. The van der Waals surface area contributed by atoms with Gasteiger partial charge in [0, 0.05) is 5.75 Å². The molecule has 0 spiro atoms. The highest BCUT2D eigenvalue weighted by molar-refractivity contribution is 8.76. The lowest BCUT2D eigenvalue weighted by Crippen LogP contribution is -2.13. The van der Waals surface area contributed by atoms with Gasteiger partial charge in [0.15, 0.2) is 0 Å². The number of hydrogen-bond acceptors (Lipinski definition) is 4. The molecule has 4 heteroatoms. The fourth-order valence-corrected chi connectivity index (χ4v) is 1.48. The topological polar surface area (TPSA) is 40.5 Å². The maximum Gasteiger partial charge on any atom is 0.0869 e. The molecule has 0 saturated heterocycles. The van der Waals surface area contributed by atoms with E-state index in [9.17, 15) is 0 Å². The van der Waals surface area contributed by atoms with Crippen molar-refractivity contribution in [1.29, 1.82) is 0 Å². The predicted molar refractivity (Wildman–Crippen MR) is 39.1 cm³/mol. The first-order chi connectivity index (χ1) is 3.81. The van der Waals surface area contributed by atoms with Gasteiger partial charge in [0.05, 0.1) is 12.7 Å². The molecule has 1 unspecified atom stereocenters. The van der Waals surface area contributed by atoms with Crippen molar-refractivity contribution in [3.8, 4) is 0 Å². The lowest BCUT2D eigenvalue weighted by molar-refractivity contribution is 0.114. The Bertz CT molecular complexity index is 51.3. The third kappa shape index (κ3) is 4.77. The van der Waals surface area contributed by atoms with Crippen LogP contribution in [0.1, 0.15) is 0 Å². The lowest BCUT2D eigenvalue weighted by Gasteiger charge is -2.02. The second kappa shape index (κ2) is 5.75.